The zero-order valence-corrected chi connectivity index (χ0v) is 12.5. The number of anilines is 1. The first-order valence-corrected chi connectivity index (χ1v) is 6.84. The van der Waals surface area contributed by atoms with Crippen molar-refractivity contribution in [2.75, 3.05) is 5.73 Å². The van der Waals surface area contributed by atoms with Gasteiger partial charge in [0, 0.05) is 23.0 Å². The molecule has 0 aromatic carbocycles. The van der Waals surface area contributed by atoms with Gasteiger partial charge in [0.1, 0.15) is 0 Å². The summed E-state index contributed by atoms with van der Waals surface area (Å²) in [6.45, 7) is 8.56. The maximum absolute atomic E-state index is 5.71. The van der Waals surface area contributed by atoms with E-state index in [1.54, 1.807) is 6.20 Å². The second-order valence-corrected chi connectivity index (χ2v) is 5.38. The van der Waals surface area contributed by atoms with Crippen molar-refractivity contribution in [1.29, 1.82) is 0 Å². The molecule has 0 aliphatic heterocycles. The summed E-state index contributed by atoms with van der Waals surface area (Å²) in [4.78, 5) is 8.82. The maximum atomic E-state index is 5.71. The zero-order chi connectivity index (χ0) is 14.7. The van der Waals surface area contributed by atoms with Crippen LogP contribution in [0.5, 0.6) is 0 Å². The topological polar surface area (TPSA) is 51.8 Å². The minimum Gasteiger partial charge on any atom is -0.397 e. The van der Waals surface area contributed by atoms with Crippen LogP contribution in [0.25, 0.3) is 17.3 Å². The molecule has 3 heteroatoms. The molecule has 0 bridgehead atoms. The Morgan fingerprint density at radius 3 is 2.55 bits per heavy atom. The van der Waals surface area contributed by atoms with Gasteiger partial charge in [-0.1, -0.05) is 25.5 Å². The highest BCUT2D eigenvalue weighted by Crippen LogP contribution is 2.27. The molecule has 0 atom stereocenters. The molecule has 2 aromatic rings. The molecule has 0 saturated carbocycles. The van der Waals surface area contributed by atoms with Crippen LogP contribution in [0.1, 0.15) is 32.0 Å². The molecule has 0 aliphatic rings. The van der Waals surface area contributed by atoms with E-state index in [0.717, 1.165) is 22.5 Å². The first-order chi connectivity index (χ1) is 9.49. The second-order valence-electron chi connectivity index (χ2n) is 5.38. The zero-order valence-electron chi connectivity index (χ0n) is 12.5. The van der Waals surface area contributed by atoms with Crippen molar-refractivity contribution >= 4 is 11.8 Å². The van der Waals surface area contributed by atoms with Crippen LogP contribution in [0.4, 0.5) is 5.69 Å². The molecule has 20 heavy (non-hydrogen) atoms. The predicted octanol–water partition coefficient (Wildman–Crippen LogP) is 4.09. The number of aryl methyl sites for hydroxylation is 1. The van der Waals surface area contributed by atoms with Crippen molar-refractivity contribution < 1.29 is 0 Å². The summed E-state index contributed by atoms with van der Waals surface area (Å²) in [5.74, 6) is 0.516. The van der Waals surface area contributed by atoms with Crippen molar-refractivity contribution in [2.24, 2.45) is 5.92 Å². The third kappa shape index (κ3) is 3.05. The van der Waals surface area contributed by atoms with Gasteiger partial charge in [-0.2, -0.15) is 0 Å². The lowest BCUT2D eigenvalue weighted by molar-refractivity contribution is 0.775. The monoisotopic (exact) mass is 267 g/mol. The van der Waals surface area contributed by atoms with E-state index in [1.165, 1.54) is 5.57 Å². The van der Waals surface area contributed by atoms with Crippen LogP contribution in [0.15, 0.2) is 36.2 Å². The lowest BCUT2D eigenvalue weighted by Crippen LogP contribution is -1.96. The van der Waals surface area contributed by atoms with Crippen molar-refractivity contribution in [3.8, 4) is 11.3 Å². The molecular weight excluding hydrogens is 246 g/mol. The lowest BCUT2D eigenvalue weighted by atomic mass is 9.97. The number of hydrogen-bond acceptors (Lipinski definition) is 3. The number of hydrogen-bond donors (Lipinski definition) is 1. The van der Waals surface area contributed by atoms with Crippen molar-refractivity contribution in [3.63, 3.8) is 0 Å². The van der Waals surface area contributed by atoms with Crippen molar-refractivity contribution in [1.82, 2.24) is 9.97 Å². The van der Waals surface area contributed by atoms with Gasteiger partial charge in [-0.05, 0) is 38.0 Å². The molecule has 2 aromatic heterocycles. The SMILES string of the molecule is C/C(=C\c1c(-c2ccc(N)cn2)ccnc1C)C(C)C. The average molecular weight is 267 g/mol. The average Bonchev–Trinajstić information content (AvgIpc) is 2.42. The Morgan fingerprint density at radius 2 is 1.95 bits per heavy atom. The fourth-order valence-electron chi connectivity index (χ4n) is 1.94. The first-order valence-electron chi connectivity index (χ1n) is 6.84. The molecule has 2 rings (SSSR count). The summed E-state index contributed by atoms with van der Waals surface area (Å²) in [7, 11) is 0. The number of nitrogens with zero attached hydrogens (tertiary/aromatic N) is 2. The molecular formula is C17H21N3. The third-order valence-electron chi connectivity index (χ3n) is 3.53. The van der Waals surface area contributed by atoms with Crippen LogP contribution >= 0.6 is 0 Å². The van der Waals surface area contributed by atoms with Crippen LogP contribution in [-0.4, -0.2) is 9.97 Å². The van der Waals surface area contributed by atoms with Crippen molar-refractivity contribution in [2.45, 2.75) is 27.7 Å². The van der Waals surface area contributed by atoms with Gasteiger partial charge in [0.05, 0.1) is 17.6 Å². The highest BCUT2D eigenvalue weighted by Gasteiger charge is 2.09. The molecule has 2 heterocycles. The summed E-state index contributed by atoms with van der Waals surface area (Å²) in [6.07, 6.45) is 5.72. The van der Waals surface area contributed by atoms with Gasteiger partial charge >= 0.3 is 0 Å². The molecule has 104 valence electrons. The lowest BCUT2D eigenvalue weighted by Gasteiger charge is -2.11. The van der Waals surface area contributed by atoms with Gasteiger partial charge in [0.25, 0.3) is 0 Å². The van der Waals surface area contributed by atoms with Gasteiger partial charge in [-0.15, -0.1) is 0 Å². The summed E-state index contributed by atoms with van der Waals surface area (Å²) in [5, 5.41) is 0. The van der Waals surface area contributed by atoms with Gasteiger partial charge in [0.2, 0.25) is 0 Å². The van der Waals surface area contributed by atoms with E-state index in [1.807, 2.05) is 31.3 Å². The van der Waals surface area contributed by atoms with E-state index >= 15 is 0 Å². The largest absolute Gasteiger partial charge is 0.397 e. The minimum absolute atomic E-state index is 0.516. The summed E-state index contributed by atoms with van der Waals surface area (Å²) >= 11 is 0. The van der Waals surface area contributed by atoms with Gasteiger partial charge in [-0.25, -0.2) is 0 Å². The number of allylic oxidation sites excluding steroid dienone is 1. The molecule has 0 unspecified atom stereocenters. The van der Waals surface area contributed by atoms with Crippen LogP contribution in [0.3, 0.4) is 0 Å². The number of pyridine rings is 2. The van der Waals surface area contributed by atoms with Gasteiger partial charge in [0.15, 0.2) is 0 Å². The van der Waals surface area contributed by atoms with Gasteiger partial charge < -0.3 is 5.73 Å². The maximum Gasteiger partial charge on any atom is 0.0710 e. The molecule has 0 saturated heterocycles. The summed E-state index contributed by atoms with van der Waals surface area (Å²) in [6, 6.07) is 5.83. The summed E-state index contributed by atoms with van der Waals surface area (Å²) in [5.41, 5.74) is 11.9. The van der Waals surface area contributed by atoms with E-state index < -0.39 is 0 Å². The van der Waals surface area contributed by atoms with Crippen LogP contribution in [0, 0.1) is 12.8 Å². The van der Waals surface area contributed by atoms with E-state index in [0.29, 0.717) is 11.6 Å². The minimum atomic E-state index is 0.516. The summed E-state index contributed by atoms with van der Waals surface area (Å²) < 4.78 is 0. The second kappa shape index (κ2) is 5.87. The Morgan fingerprint density at radius 1 is 1.20 bits per heavy atom. The van der Waals surface area contributed by atoms with E-state index in [-0.39, 0.29) is 0 Å². The standard InChI is InChI=1S/C17H21N3/c1-11(2)12(3)9-16-13(4)19-8-7-15(16)17-6-5-14(18)10-20-17/h5-11H,18H2,1-4H3/b12-9+. The van der Waals surface area contributed by atoms with E-state index in [9.17, 15) is 0 Å². The molecule has 3 nitrogen and oxygen atoms in total. The fourth-order valence-corrected chi connectivity index (χ4v) is 1.94. The molecule has 2 N–H and O–H groups in total. The third-order valence-corrected chi connectivity index (χ3v) is 3.53. The quantitative estimate of drug-likeness (QED) is 0.911. The first kappa shape index (κ1) is 14.3. The van der Waals surface area contributed by atoms with Crippen LogP contribution in [0.2, 0.25) is 0 Å². The van der Waals surface area contributed by atoms with Crippen LogP contribution in [-0.2, 0) is 0 Å². The van der Waals surface area contributed by atoms with Gasteiger partial charge in [-0.3, -0.25) is 9.97 Å². The Labute approximate surface area is 120 Å². The molecule has 0 spiro atoms. The normalized spacial score (nSPS) is 11.9. The molecule has 0 radical (unpaired) electrons. The predicted molar refractivity (Wildman–Crippen MR) is 85.1 cm³/mol. The van der Waals surface area contributed by atoms with Crippen LogP contribution < -0.4 is 5.73 Å². The smallest absolute Gasteiger partial charge is 0.0710 e. The Bertz CT molecular complexity index is 625. The number of rotatable bonds is 3. The Balaban J connectivity index is 2.57. The van der Waals surface area contributed by atoms with E-state index in [4.69, 9.17) is 5.73 Å². The Kier molecular flexibility index (Phi) is 4.18. The number of aromatic nitrogens is 2. The Hall–Kier alpha value is -2.16. The molecule has 0 amide bonds. The van der Waals surface area contributed by atoms with E-state index in [2.05, 4.69) is 36.8 Å². The molecule has 0 aliphatic carbocycles. The van der Waals surface area contributed by atoms with Crippen molar-refractivity contribution in [3.05, 3.63) is 47.4 Å². The molecule has 0 fully saturated rings. The fraction of sp³-hybridized carbons (Fsp3) is 0.294. The highest BCUT2D eigenvalue weighted by atomic mass is 14.7. The highest BCUT2D eigenvalue weighted by molar-refractivity contribution is 5.75. The number of nitrogens with two attached hydrogens (primary N) is 1. The number of nitrogen functional groups attached to an aromatic ring is 1.